The smallest absolute Gasteiger partial charge is 0.462 e. The first-order chi connectivity index (χ1) is 29.9. The van der Waals surface area contributed by atoms with Crippen LogP contribution in [-0.4, -0.2) is 98.3 Å². The fourth-order valence-corrected chi connectivity index (χ4v) is 9.09. The highest BCUT2D eigenvalue weighted by molar-refractivity contribution is 7.47. The summed E-state index contributed by atoms with van der Waals surface area (Å²) in [5, 5.41) is 50.2. The first kappa shape index (κ1) is 58.9. The van der Waals surface area contributed by atoms with E-state index in [0.29, 0.717) is 12.8 Å². The van der Waals surface area contributed by atoms with E-state index in [-0.39, 0.29) is 12.8 Å². The maximum absolute atomic E-state index is 12.8. The van der Waals surface area contributed by atoms with Gasteiger partial charge >= 0.3 is 19.8 Å². The number of aliphatic hydroxyl groups excluding tert-OH is 5. The molecule has 1 aliphatic carbocycles. The quantitative estimate of drug-likeness (QED) is 0.0191. The first-order valence-electron chi connectivity index (χ1n) is 25.3. The standard InChI is InChI=1S/C48H93O13P/c1-3-5-7-9-11-13-15-17-18-19-20-21-22-23-24-25-27-29-31-33-35-37-42(50)60-40(38-58-41(49)36-34-32-30-28-26-16-14-12-10-8-6-4-2)39-59-62(56,57)61-48-46(54)44(52)43(51)45(53)47(48)55/h40,43-48,51-55H,3-39H2,1-2H3,(H,56,57)/t40-,43?,44+,45?,46?,47?,48?/m1/s1. The lowest BCUT2D eigenvalue weighted by atomic mass is 9.85. The van der Waals surface area contributed by atoms with Crippen LogP contribution in [0.25, 0.3) is 0 Å². The van der Waals surface area contributed by atoms with Crippen molar-refractivity contribution < 1.29 is 63.1 Å². The highest BCUT2D eigenvalue weighted by Gasteiger charge is 2.51. The summed E-state index contributed by atoms with van der Waals surface area (Å²) < 4.78 is 33.6. The number of carbonyl (C=O) groups is 2. The molecule has 0 radical (unpaired) electrons. The van der Waals surface area contributed by atoms with Crippen molar-refractivity contribution in [3.63, 3.8) is 0 Å². The Labute approximate surface area is 376 Å². The molecule has 0 amide bonds. The minimum atomic E-state index is -5.11. The van der Waals surface area contributed by atoms with E-state index in [1.165, 1.54) is 161 Å². The third-order valence-electron chi connectivity index (χ3n) is 12.2. The van der Waals surface area contributed by atoms with E-state index < -0.39 is 75.7 Å². The lowest BCUT2D eigenvalue weighted by Gasteiger charge is -2.41. The molecule has 1 aliphatic rings. The second-order valence-electron chi connectivity index (χ2n) is 18.0. The Hall–Kier alpha value is -1.15. The molecule has 8 atom stereocenters. The molecule has 62 heavy (non-hydrogen) atoms. The molecule has 0 aliphatic heterocycles. The normalized spacial score (nSPS) is 21.7. The molecule has 14 heteroatoms. The minimum Gasteiger partial charge on any atom is -0.462 e. The molecular formula is C48H93O13P. The summed E-state index contributed by atoms with van der Waals surface area (Å²) in [7, 11) is -5.11. The van der Waals surface area contributed by atoms with Gasteiger partial charge in [-0.2, -0.15) is 0 Å². The Morgan fingerprint density at radius 2 is 0.726 bits per heavy atom. The summed E-state index contributed by atoms with van der Waals surface area (Å²) in [6, 6.07) is 0. The highest BCUT2D eigenvalue weighted by Crippen LogP contribution is 2.47. The summed E-state index contributed by atoms with van der Waals surface area (Å²) in [6.07, 6.45) is 27.3. The van der Waals surface area contributed by atoms with Crippen molar-refractivity contribution in [2.24, 2.45) is 0 Å². The van der Waals surface area contributed by atoms with Crippen molar-refractivity contribution in [1.29, 1.82) is 0 Å². The first-order valence-corrected chi connectivity index (χ1v) is 26.8. The molecule has 0 aromatic rings. The number of phosphoric ester groups is 1. The third kappa shape index (κ3) is 30.9. The molecule has 0 aromatic carbocycles. The number of rotatable bonds is 43. The lowest BCUT2D eigenvalue weighted by Crippen LogP contribution is -2.64. The van der Waals surface area contributed by atoms with Crippen molar-refractivity contribution in [2.45, 2.75) is 281 Å². The van der Waals surface area contributed by atoms with E-state index in [1.807, 2.05) is 0 Å². The van der Waals surface area contributed by atoms with Crippen LogP contribution in [0.1, 0.15) is 239 Å². The van der Waals surface area contributed by atoms with Gasteiger partial charge in [0.15, 0.2) is 6.10 Å². The van der Waals surface area contributed by atoms with Crippen molar-refractivity contribution in [3.8, 4) is 0 Å². The van der Waals surface area contributed by atoms with Crippen molar-refractivity contribution in [1.82, 2.24) is 0 Å². The Kier molecular flexibility index (Phi) is 37.1. The fraction of sp³-hybridized carbons (Fsp3) is 0.958. The van der Waals surface area contributed by atoms with Crippen LogP contribution >= 0.6 is 7.82 Å². The van der Waals surface area contributed by atoms with E-state index in [0.717, 1.165) is 38.5 Å². The van der Waals surface area contributed by atoms with Crippen LogP contribution in [0.15, 0.2) is 0 Å². The van der Waals surface area contributed by atoms with Gasteiger partial charge in [-0.3, -0.25) is 18.6 Å². The molecular weight excluding hydrogens is 815 g/mol. The summed E-state index contributed by atoms with van der Waals surface area (Å²) in [6.45, 7) is 3.33. The van der Waals surface area contributed by atoms with Gasteiger partial charge in [0.1, 0.15) is 43.2 Å². The van der Waals surface area contributed by atoms with Gasteiger partial charge in [0, 0.05) is 12.8 Å². The topological polar surface area (TPSA) is 210 Å². The van der Waals surface area contributed by atoms with E-state index in [9.17, 15) is 44.6 Å². The van der Waals surface area contributed by atoms with Crippen molar-refractivity contribution in [3.05, 3.63) is 0 Å². The zero-order valence-corrected chi connectivity index (χ0v) is 40.1. The van der Waals surface area contributed by atoms with Crippen molar-refractivity contribution >= 4 is 19.8 Å². The van der Waals surface area contributed by atoms with Gasteiger partial charge in [0.25, 0.3) is 0 Å². The summed E-state index contributed by atoms with van der Waals surface area (Å²) in [5.41, 5.74) is 0. The van der Waals surface area contributed by atoms with Gasteiger partial charge in [-0.15, -0.1) is 0 Å². The fourth-order valence-electron chi connectivity index (χ4n) is 8.11. The summed E-state index contributed by atoms with van der Waals surface area (Å²) in [4.78, 5) is 35.7. The van der Waals surface area contributed by atoms with Crippen LogP contribution < -0.4 is 0 Å². The molecule has 0 bridgehead atoms. The van der Waals surface area contributed by atoms with Gasteiger partial charge in [-0.05, 0) is 12.8 Å². The van der Waals surface area contributed by atoms with Gasteiger partial charge in [-0.1, -0.05) is 213 Å². The van der Waals surface area contributed by atoms with E-state index in [2.05, 4.69) is 13.8 Å². The molecule has 1 fully saturated rings. The van der Waals surface area contributed by atoms with E-state index in [4.69, 9.17) is 18.5 Å². The molecule has 0 heterocycles. The minimum absolute atomic E-state index is 0.105. The number of hydrogen-bond acceptors (Lipinski definition) is 12. The number of unbranched alkanes of at least 4 members (excludes halogenated alkanes) is 31. The van der Waals surface area contributed by atoms with Gasteiger partial charge in [-0.25, -0.2) is 4.57 Å². The molecule has 0 saturated heterocycles. The van der Waals surface area contributed by atoms with E-state index in [1.54, 1.807) is 0 Å². The third-order valence-corrected chi connectivity index (χ3v) is 13.2. The Bertz CT molecular complexity index is 1100. The average molecular weight is 909 g/mol. The van der Waals surface area contributed by atoms with Crippen LogP contribution in [0.2, 0.25) is 0 Å². The van der Waals surface area contributed by atoms with Gasteiger partial charge in [0.05, 0.1) is 6.61 Å². The molecule has 13 nitrogen and oxygen atoms in total. The number of phosphoric acid groups is 1. The molecule has 1 saturated carbocycles. The SMILES string of the molecule is CCCCCCCCCCCCCCCCCCCCCCCC(=O)O[C@H](COC(=O)CCCCCCCCCCCCCC)COP(=O)(O)OC1C(O)C(O)C(O)[C@H](O)C1O. The number of aliphatic hydroxyl groups is 5. The van der Waals surface area contributed by atoms with Crippen LogP contribution in [0.3, 0.4) is 0 Å². The zero-order chi connectivity index (χ0) is 45.7. The molecule has 6 unspecified atom stereocenters. The number of esters is 2. The maximum atomic E-state index is 12.8. The van der Waals surface area contributed by atoms with Crippen molar-refractivity contribution in [2.75, 3.05) is 13.2 Å². The Morgan fingerprint density at radius 1 is 0.435 bits per heavy atom. The summed E-state index contributed by atoms with van der Waals surface area (Å²) in [5.74, 6) is -1.08. The Morgan fingerprint density at radius 3 is 1.06 bits per heavy atom. The predicted molar refractivity (Wildman–Crippen MR) is 244 cm³/mol. The maximum Gasteiger partial charge on any atom is 0.472 e. The second-order valence-corrected chi connectivity index (χ2v) is 19.4. The van der Waals surface area contributed by atoms with Crippen LogP contribution in [0.5, 0.6) is 0 Å². The predicted octanol–water partition coefficient (Wildman–Crippen LogP) is 10.5. The zero-order valence-electron chi connectivity index (χ0n) is 39.2. The average Bonchev–Trinajstić information content (AvgIpc) is 3.25. The number of carbonyl (C=O) groups excluding carboxylic acids is 2. The van der Waals surface area contributed by atoms with Crippen LogP contribution in [-0.2, 0) is 32.7 Å². The molecule has 6 N–H and O–H groups in total. The highest BCUT2D eigenvalue weighted by atomic mass is 31.2. The number of hydrogen-bond donors (Lipinski definition) is 6. The number of ether oxygens (including phenoxy) is 2. The van der Waals surface area contributed by atoms with Crippen LogP contribution in [0, 0.1) is 0 Å². The molecule has 1 rings (SSSR count). The largest absolute Gasteiger partial charge is 0.472 e. The van der Waals surface area contributed by atoms with Gasteiger partial charge in [0.2, 0.25) is 0 Å². The van der Waals surface area contributed by atoms with E-state index >= 15 is 0 Å². The summed E-state index contributed by atoms with van der Waals surface area (Å²) >= 11 is 0. The van der Waals surface area contributed by atoms with Gasteiger partial charge < -0.3 is 39.9 Å². The second kappa shape index (κ2) is 39.1. The molecule has 0 spiro atoms. The molecule has 0 aromatic heterocycles. The molecule has 368 valence electrons. The Balaban J connectivity index is 2.36. The monoisotopic (exact) mass is 909 g/mol. The lowest BCUT2D eigenvalue weighted by molar-refractivity contribution is -0.220. The van der Waals surface area contributed by atoms with Crippen LogP contribution in [0.4, 0.5) is 0 Å².